The van der Waals surface area contributed by atoms with E-state index in [-0.39, 0.29) is 17.3 Å². The first kappa shape index (κ1) is 17.3. The van der Waals surface area contributed by atoms with Crippen molar-refractivity contribution in [3.05, 3.63) is 33.8 Å². The molecule has 2 aliphatic rings. The van der Waals surface area contributed by atoms with Crippen LogP contribution in [0, 0.1) is 5.92 Å². The summed E-state index contributed by atoms with van der Waals surface area (Å²) in [5, 5.41) is 1.32. The van der Waals surface area contributed by atoms with Crippen LogP contribution in [0.1, 0.15) is 39.2 Å². The normalized spacial score (nSPS) is 37.2. The van der Waals surface area contributed by atoms with Crippen LogP contribution >= 0.6 is 45.8 Å². The number of alkyl halides is 1. The summed E-state index contributed by atoms with van der Waals surface area (Å²) < 4.78 is 13.2. The summed E-state index contributed by atoms with van der Waals surface area (Å²) >= 11 is 15.0. The van der Waals surface area contributed by atoms with E-state index in [4.69, 9.17) is 32.7 Å². The fourth-order valence-corrected chi connectivity index (χ4v) is 6.23. The van der Waals surface area contributed by atoms with E-state index in [9.17, 15) is 0 Å². The predicted molar refractivity (Wildman–Crippen MR) is 99.1 cm³/mol. The Hall–Kier alpha value is 0.450. The van der Waals surface area contributed by atoms with E-state index in [1.54, 1.807) is 0 Å². The lowest BCUT2D eigenvalue weighted by atomic mass is 9.75. The number of hydrogen-bond acceptors (Lipinski definition) is 2. The van der Waals surface area contributed by atoms with Crippen molar-refractivity contribution in [3.8, 4) is 0 Å². The first-order chi connectivity index (χ1) is 10.3. The molecule has 122 valence electrons. The van der Waals surface area contributed by atoms with Crippen molar-refractivity contribution in [3.63, 3.8) is 0 Å². The molecule has 2 heterocycles. The van der Waals surface area contributed by atoms with Gasteiger partial charge in [-0.15, -0.1) is 0 Å². The van der Waals surface area contributed by atoms with Gasteiger partial charge in [0.25, 0.3) is 0 Å². The number of halogens is 3. The highest BCUT2D eigenvalue weighted by Gasteiger charge is 2.65. The van der Waals surface area contributed by atoms with Crippen LogP contribution < -0.4 is 0 Å². The summed E-state index contributed by atoms with van der Waals surface area (Å²) in [5.41, 5.74) is 0.593. The lowest BCUT2D eigenvalue weighted by Gasteiger charge is -2.35. The molecule has 2 fully saturated rings. The van der Waals surface area contributed by atoms with Gasteiger partial charge < -0.3 is 9.47 Å². The Morgan fingerprint density at radius 2 is 1.95 bits per heavy atom. The SMILES string of the molecule is CC(C)[C@]12C[C@@H](OCc3c(Cl)cccc3Cl)[C@](C)(C[C@@H]1I)O2. The van der Waals surface area contributed by atoms with Gasteiger partial charge in [-0.2, -0.15) is 0 Å². The van der Waals surface area contributed by atoms with Gasteiger partial charge in [0.2, 0.25) is 0 Å². The fraction of sp³-hybridized carbons (Fsp3) is 0.647. The quantitative estimate of drug-likeness (QED) is 0.431. The van der Waals surface area contributed by atoms with Crippen molar-refractivity contribution in [1.29, 1.82) is 0 Å². The maximum atomic E-state index is 6.48. The maximum Gasteiger partial charge on any atom is 0.0935 e. The maximum absolute atomic E-state index is 6.48. The van der Waals surface area contributed by atoms with Crippen LogP contribution in [0.15, 0.2) is 18.2 Å². The van der Waals surface area contributed by atoms with Gasteiger partial charge in [0.15, 0.2) is 0 Å². The van der Waals surface area contributed by atoms with E-state index in [0.717, 1.165) is 18.4 Å². The van der Waals surface area contributed by atoms with E-state index in [1.807, 2.05) is 18.2 Å². The summed E-state index contributed by atoms with van der Waals surface area (Å²) in [4.78, 5) is 0. The zero-order valence-corrected chi connectivity index (χ0v) is 16.7. The molecule has 0 radical (unpaired) electrons. The van der Waals surface area contributed by atoms with Gasteiger partial charge in [-0.25, -0.2) is 0 Å². The van der Waals surface area contributed by atoms with Crippen LogP contribution in [0.3, 0.4) is 0 Å². The highest BCUT2D eigenvalue weighted by Crippen LogP contribution is 2.57. The summed E-state index contributed by atoms with van der Waals surface area (Å²) in [6.45, 7) is 7.09. The Kier molecular flexibility index (Phi) is 4.77. The van der Waals surface area contributed by atoms with Crippen molar-refractivity contribution >= 4 is 45.8 Å². The molecule has 0 unspecified atom stereocenters. The van der Waals surface area contributed by atoms with E-state index >= 15 is 0 Å². The molecule has 2 aliphatic heterocycles. The summed E-state index contributed by atoms with van der Waals surface area (Å²) in [5.74, 6) is 0.480. The monoisotopic (exact) mass is 454 g/mol. The molecule has 0 aromatic heterocycles. The van der Waals surface area contributed by atoms with E-state index in [2.05, 4.69) is 43.4 Å². The molecule has 3 rings (SSSR count). The molecule has 0 spiro atoms. The van der Waals surface area contributed by atoms with Gasteiger partial charge in [-0.3, -0.25) is 0 Å². The first-order valence-electron chi connectivity index (χ1n) is 7.67. The second-order valence-corrected chi connectivity index (χ2v) is 9.22. The minimum Gasteiger partial charge on any atom is -0.370 e. The Morgan fingerprint density at radius 3 is 2.50 bits per heavy atom. The largest absolute Gasteiger partial charge is 0.370 e. The van der Waals surface area contributed by atoms with Gasteiger partial charge in [0, 0.05) is 26.0 Å². The summed E-state index contributed by atoms with van der Waals surface area (Å²) in [7, 11) is 0. The predicted octanol–water partition coefficient (Wildman–Crippen LogP) is 5.66. The lowest BCUT2D eigenvalue weighted by Crippen LogP contribution is -2.44. The first-order valence-corrected chi connectivity index (χ1v) is 9.67. The molecular weight excluding hydrogens is 434 g/mol. The van der Waals surface area contributed by atoms with Crippen LogP contribution in [0.25, 0.3) is 0 Å². The molecule has 0 amide bonds. The molecule has 0 saturated carbocycles. The topological polar surface area (TPSA) is 18.5 Å². The van der Waals surface area contributed by atoms with Crippen molar-refractivity contribution in [2.45, 2.75) is 61.5 Å². The molecule has 2 bridgehead atoms. The Labute approximate surface area is 156 Å². The van der Waals surface area contributed by atoms with Gasteiger partial charge in [0.1, 0.15) is 0 Å². The molecule has 4 atom stereocenters. The third-order valence-electron chi connectivity index (χ3n) is 5.19. The van der Waals surface area contributed by atoms with Crippen molar-refractivity contribution in [1.82, 2.24) is 0 Å². The molecule has 0 N–H and O–H groups in total. The number of rotatable bonds is 4. The lowest BCUT2D eigenvalue weighted by molar-refractivity contribution is -0.0953. The molecule has 0 aliphatic carbocycles. The molecule has 2 saturated heterocycles. The Bertz CT molecular complexity index is 560. The minimum absolute atomic E-state index is 0.0652. The average Bonchev–Trinajstić information content (AvgIpc) is 2.86. The zero-order valence-electron chi connectivity index (χ0n) is 13.0. The van der Waals surface area contributed by atoms with Gasteiger partial charge in [0.05, 0.1) is 23.9 Å². The summed E-state index contributed by atoms with van der Waals surface area (Å²) in [6, 6.07) is 5.55. The molecular formula is C17H21Cl2IO2. The second-order valence-electron chi connectivity index (χ2n) is 6.90. The third kappa shape index (κ3) is 2.71. The minimum atomic E-state index is -0.205. The van der Waals surface area contributed by atoms with Gasteiger partial charge in [-0.1, -0.05) is 65.7 Å². The molecule has 22 heavy (non-hydrogen) atoms. The smallest absolute Gasteiger partial charge is 0.0935 e. The van der Waals surface area contributed by atoms with Crippen LogP contribution in [0.5, 0.6) is 0 Å². The van der Waals surface area contributed by atoms with E-state index in [1.165, 1.54) is 0 Å². The van der Waals surface area contributed by atoms with E-state index in [0.29, 0.717) is 26.5 Å². The standard InChI is InChI=1S/C17H21Cl2IO2/c1-10(2)17-8-15(16(3,22-17)7-14(17)20)21-9-11-12(18)5-4-6-13(11)19/h4-6,10,14-15H,7-9H2,1-3H3/t14-,15+,16-,17+/m0/s1. The van der Waals surface area contributed by atoms with Crippen LogP contribution in [-0.2, 0) is 16.1 Å². The van der Waals surface area contributed by atoms with Crippen LogP contribution in [0.2, 0.25) is 10.0 Å². The van der Waals surface area contributed by atoms with Crippen LogP contribution in [-0.4, -0.2) is 21.2 Å². The highest BCUT2D eigenvalue weighted by molar-refractivity contribution is 14.1. The third-order valence-corrected chi connectivity index (χ3v) is 7.39. The number of hydrogen-bond donors (Lipinski definition) is 0. The van der Waals surface area contributed by atoms with Gasteiger partial charge >= 0.3 is 0 Å². The molecule has 5 heteroatoms. The number of benzene rings is 1. The molecule has 2 nitrogen and oxygen atoms in total. The summed E-state index contributed by atoms with van der Waals surface area (Å²) in [6.07, 6.45) is 2.07. The second kappa shape index (κ2) is 6.07. The number of fused-ring (bicyclic) bond motifs is 2. The molecule has 1 aromatic rings. The average molecular weight is 455 g/mol. The highest BCUT2D eigenvalue weighted by atomic mass is 127. The Morgan fingerprint density at radius 1 is 1.32 bits per heavy atom. The Balaban J connectivity index is 1.75. The zero-order chi connectivity index (χ0) is 16.1. The van der Waals surface area contributed by atoms with Crippen molar-refractivity contribution in [2.24, 2.45) is 5.92 Å². The van der Waals surface area contributed by atoms with Crippen molar-refractivity contribution in [2.75, 3.05) is 0 Å². The number of ether oxygens (including phenoxy) is 2. The van der Waals surface area contributed by atoms with Crippen LogP contribution in [0.4, 0.5) is 0 Å². The van der Waals surface area contributed by atoms with E-state index < -0.39 is 0 Å². The van der Waals surface area contributed by atoms with Gasteiger partial charge in [-0.05, 0) is 31.4 Å². The van der Waals surface area contributed by atoms with Crippen molar-refractivity contribution < 1.29 is 9.47 Å². The molecule has 1 aromatic carbocycles. The fourth-order valence-electron chi connectivity index (χ4n) is 3.75.